The molecule has 104 valence electrons. The van der Waals surface area contributed by atoms with Gasteiger partial charge in [0.25, 0.3) is 0 Å². The van der Waals surface area contributed by atoms with Crippen molar-refractivity contribution in [2.75, 3.05) is 17.7 Å². The van der Waals surface area contributed by atoms with Crippen LogP contribution in [-0.2, 0) is 4.79 Å². The Bertz CT molecular complexity index is 495. The molecule has 4 N–H and O–H groups in total. The number of aryl methyl sites for hydroxylation is 1. The van der Waals surface area contributed by atoms with Crippen molar-refractivity contribution in [1.82, 2.24) is 15.3 Å². The van der Waals surface area contributed by atoms with Crippen molar-refractivity contribution in [3.05, 3.63) is 15.8 Å². The van der Waals surface area contributed by atoms with Gasteiger partial charge in [0, 0.05) is 6.54 Å². The highest BCUT2D eigenvalue weighted by molar-refractivity contribution is 8.00. The molecule has 1 heterocycles. The maximum absolute atomic E-state index is 11.4. The van der Waals surface area contributed by atoms with E-state index in [1.54, 1.807) is 6.92 Å². The number of nitrogens with zero attached hydrogens (tertiary/aromatic N) is 3. The van der Waals surface area contributed by atoms with Crippen molar-refractivity contribution in [2.24, 2.45) is 5.84 Å². The van der Waals surface area contributed by atoms with E-state index < -0.39 is 4.92 Å². The van der Waals surface area contributed by atoms with Crippen LogP contribution in [0.15, 0.2) is 5.03 Å². The first-order valence-corrected chi connectivity index (χ1v) is 6.37. The van der Waals surface area contributed by atoms with Crippen LogP contribution in [0, 0.1) is 17.0 Å². The van der Waals surface area contributed by atoms with Gasteiger partial charge >= 0.3 is 5.69 Å². The summed E-state index contributed by atoms with van der Waals surface area (Å²) < 4.78 is 0. The minimum Gasteiger partial charge on any atom is -0.356 e. The Morgan fingerprint density at radius 1 is 1.53 bits per heavy atom. The Morgan fingerprint density at radius 2 is 2.21 bits per heavy atom. The third kappa shape index (κ3) is 4.03. The Kier molecular flexibility index (Phi) is 5.45. The van der Waals surface area contributed by atoms with E-state index in [0.29, 0.717) is 6.54 Å². The van der Waals surface area contributed by atoms with E-state index in [0.717, 1.165) is 11.8 Å². The third-order valence-electron chi connectivity index (χ3n) is 2.05. The molecule has 0 radical (unpaired) electrons. The maximum Gasteiger partial charge on any atom is 0.322 e. The number of aromatic nitrogens is 2. The molecule has 0 saturated heterocycles. The first-order chi connectivity index (χ1) is 8.99. The quantitative estimate of drug-likeness (QED) is 0.222. The third-order valence-corrected chi connectivity index (χ3v) is 3.02. The number of nitrogens with two attached hydrogens (primary N) is 1. The zero-order chi connectivity index (χ0) is 14.4. The topological polar surface area (TPSA) is 136 Å². The number of hydrogen-bond donors (Lipinski definition) is 3. The molecule has 1 aromatic rings. The van der Waals surface area contributed by atoms with Gasteiger partial charge in [-0.1, -0.05) is 11.8 Å². The number of hydrazine groups is 1. The Hall–Kier alpha value is -1.94. The summed E-state index contributed by atoms with van der Waals surface area (Å²) in [4.78, 5) is 29.5. The number of rotatable bonds is 6. The molecule has 0 saturated carbocycles. The van der Waals surface area contributed by atoms with Crippen molar-refractivity contribution >= 4 is 29.3 Å². The number of nitro groups is 1. The van der Waals surface area contributed by atoms with Crippen LogP contribution in [0.3, 0.4) is 0 Å². The van der Waals surface area contributed by atoms with E-state index >= 15 is 0 Å². The fourth-order valence-electron chi connectivity index (χ4n) is 1.30. The number of nitrogen functional groups attached to an aromatic ring is 1. The molecular formula is C9H14N6O3S. The highest BCUT2D eigenvalue weighted by atomic mass is 32.2. The molecule has 0 unspecified atom stereocenters. The molecule has 0 bridgehead atoms. The summed E-state index contributed by atoms with van der Waals surface area (Å²) in [6.07, 6.45) is 0. The van der Waals surface area contributed by atoms with Gasteiger partial charge in [-0.25, -0.2) is 10.8 Å². The maximum atomic E-state index is 11.4. The second kappa shape index (κ2) is 6.85. The van der Waals surface area contributed by atoms with Gasteiger partial charge in [-0.2, -0.15) is 4.98 Å². The second-order valence-electron chi connectivity index (χ2n) is 3.43. The number of amides is 1. The van der Waals surface area contributed by atoms with Gasteiger partial charge in [-0.3, -0.25) is 20.3 Å². The monoisotopic (exact) mass is 286 g/mol. The molecule has 1 aromatic heterocycles. The fourth-order valence-corrected chi connectivity index (χ4v) is 2.18. The summed E-state index contributed by atoms with van der Waals surface area (Å²) in [7, 11) is 0. The van der Waals surface area contributed by atoms with Gasteiger partial charge in [0.05, 0.1) is 10.7 Å². The summed E-state index contributed by atoms with van der Waals surface area (Å²) in [6.45, 7) is 3.77. The van der Waals surface area contributed by atoms with E-state index in [-0.39, 0.29) is 34.0 Å². The molecule has 0 aliphatic rings. The number of carbonyl (C=O) groups is 1. The van der Waals surface area contributed by atoms with Crippen molar-refractivity contribution in [2.45, 2.75) is 18.9 Å². The minimum atomic E-state index is -0.574. The van der Waals surface area contributed by atoms with Gasteiger partial charge in [0.1, 0.15) is 5.69 Å². The van der Waals surface area contributed by atoms with Crippen LogP contribution in [-0.4, -0.2) is 33.1 Å². The molecule has 0 aliphatic carbocycles. The Labute approximate surface area is 113 Å². The van der Waals surface area contributed by atoms with Crippen LogP contribution >= 0.6 is 11.8 Å². The summed E-state index contributed by atoms with van der Waals surface area (Å²) in [5.41, 5.74) is 2.20. The van der Waals surface area contributed by atoms with E-state index in [1.807, 2.05) is 0 Å². The predicted molar refractivity (Wildman–Crippen MR) is 70.6 cm³/mol. The molecule has 0 fully saturated rings. The van der Waals surface area contributed by atoms with Crippen LogP contribution in [0.25, 0.3) is 0 Å². The van der Waals surface area contributed by atoms with Crippen LogP contribution in [0.2, 0.25) is 0 Å². The van der Waals surface area contributed by atoms with Crippen LogP contribution in [0.5, 0.6) is 0 Å². The van der Waals surface area contributed by atoms with Crippen LogP contribution < -0.4 is 16.6 Å². The lowest BCUT2D eigenvalue weighted by atomic mass is 10.4. The van der Waals surface area contributed by atoms with Gasteiger partial charge < -0.3 is 5.32 Å². The second-order valence-corrected chi connectivity index (χ2v) is 4.39. The van der Waals surface area contributed by atoms with E-state index in [9.17, 15) is 14.9 Å². The first-order valence-electron chi connectivity index (χ1n) is 5.38. The minimum absolute atomic E-state index is 0.0368. The molecule has 0 aromatic carbocycles. The number of carbonyl (C=O) groups excluding carboxylic acids is 1. The summed E-state index contributed by atoms with van der Waals surface area (Å²) in [5.74, 6) is 5.07. The molecule has 1 rings (SSSR count). The highest BCUT2D eigenvalue weighted by Crippen LogP contribution is 2.30. The highest BCUT2D eigenvalue weighted by Gasteiger charge is 2.22. The zero-order valence-electron chi connectivity index (χ0n) is 10.5. The molecule has 0 aliphatic heterocycles. The number of thioether (sulfide) groups is 1. The number of anilines is 1. The number of hydrogen-bond acceptors (Lipinski definition) is 8. The fraction of sp³-hybridized carbons (Fsp3) is 0.444. The Balaban J connectivity index is 2.99. The average Bonchev–Trinajstić information content (AvgIpc) is 2.35. The zero-order valence-corrected chi connectivity index (χ0v) is 11.3. The molecular weight excluding hydrogens is 272 g/mol. The van der Waals surface area contributed by atoms with Gasteiger partial charge in [0.2, 0.25) is 11.9 Å². The standard InChI is InChI=1S/C9H14N6O3S/c1-3-11-6(16)4-19-8-7(15(17)18)5(2)12-9(13-8)14-10/h3-4,10H2,1-2H3,(H,11,16)(H,12,13,14). The molecule has 9 nitrogen and oxygen atoms in total. The van der Waals surface area contributed by atoms with E-state index in [4.69, 9.17) is 5.84 Å². The largest absolute Gasteiger partial charge is 0.356 e. The van der Waals surface area contributed by atoms with Crippen LogP contribution in [0.4, 0.5) is 11.6 Å². The van der Waals surface area contributed by atoms with Gasteiger partial charge in [-0.05, 0) is 13.8 Å². The van der Waals surface area contributed by atoms with Gasteiger partial charge in [0.15, 0.2) is 5.03 Å². The lowest BCUT2D eigenvalue weighted by molar-refractivity contribution is -0.389. The van der Waals surface area contributed by atoms with E-state index in [2.05, 4.69) is 20.7 Å². The number of nitrogens with one attached hydrogen (secondary N) is 2. The lowest BCUT2D eigenvalue weighted by Crippen LogP contribution is -2.24. The van der Waals surface area contributed by atoms with Crippen molar-refractivity contribution in [1.29, 1.82) is 0 Å². The molecule has 0 atom stereocenters. The van der Waals surface area contributed by atoms with Crippen LogP contribution in [0.1, 0.15) is 12.6 Å². The molecule has 10 heteroatoms. The first kappa shape index (κ1) is 15.1. The van der Waals surface area contributed by atoms with E-state index in [1.165, 1.54) is 6.92 Å². The summed E-state index contributed by atoms with van der Waals surface area (Å²) >= 11 is 0.967. The summed E-state index contributed by atoms with van der Waals surface area (Å²) in [6, 6.07) is 0. The SMILES string of the molecule is CCNC(=O)CSc1nc(NN)nc(C)c1[N+](=O)[O-]. The molecule has 0 spiro atoms. The van der Waals surface area contributed by atoms with Crippen molar-refractivity contribution < 1.29 is 9.72 Å². The Morgan fingerprint density at radius 3 is 2.74 bits per heavy atom. The average molecular weight is 286 g/mol. The summed E-state index contributed by atoms with van der Waals surface area (Å²) in [5, 5.41) is 13.7. The van der Waals surface area contributed by atoms with Crippen molar-refractivity contribution in [3.63, 3.8) is 0 Å². The van der Waals surface area contributed by atoms with Crippen molar-refractivity contribution in [3.8, 4) is 0 Å². The lowest BCUT2D eigenvalue weighted by Gasteiger charge is -2.06. The predicted octanol–water partition coefficient (Wildman–Crippen LogP) is 0.207. The molecule has 19 heavy (non-hydrogen) atoms. The smallest absolute Gasteiger partial charge is 0.322 e. The van der Waals surface area contributed by atoms with Gasteiger partial charge in [-0.15, -0.1) is 0 Å². The molecule has 1 amide bonds. The normalized spacial score (nSPS) is 10.1.